The highest BCUT2D eigenvalue weighted by molar-refractivity contribution is 8.18. The summed E-state index contributed by atoms with van der Waals surface area (Å²) in [5, 5.41) is 0.360. The second-order valence-corrected chi connectivity index (χ2v) is 5.77. The van der Waals surface area contributed by atoms with Crippen LogP contribution in [0.2, 0.25) is 0 Å². The van der Waals surface area contributed by atoms with E-state index < -0.39 is 12.4 Å². The standard InChI is InChI=1S/C14H12F2N2O4S/c1-3-20-13(19)17-12-18(7-8(2)23-12)9-4-5-10-11(6-9)22-14(15,16)21-10/h4-6H,2-3,7H2,1H3/b17-12-. The normalized spacial score (nSPS) is 20.2. The molecule has 1 amide bonds. The number of carbonyl (C=O) groups excluding carboxylic acids is 1. The fourth-order valence-corrected chi connectivity index (χ4v) is 2.94. The average molecular weight is 342 g/mol. The number of carbonyl (C=O) groups is 1. The Bertz CT molecular complexity index is 708. The third kappa shape index (κ3) is 3.24. The summed E-state index contributed by atoms with van der Waals surface area (Å²) in [6, 6.07) is 4.35. The lowest BCUT2D eigenvalue weighted by molar-refractivity contribution is -0.286. The van der Waals surface area contributed by atoms with E-state index in [2.05, 4.69) is 21.0 Å². The van der Waals surface area contributed by atoms with Gasteiger partial charge in [-0.25, -0.2) is 4.79 Å². The Labute approximate surface area is 134 Å². The quantitative estimate of drug-likeness (QED) is 0.819. The van der Waals surface area contributed by atoms with Gasteiger partial charge in [-0.1, -0.05) is 18.3 Å². The summed E-state index contributed by atoms with van der Waals surface area (Å²) in [6.45, 7) is 6.11. The smallest absolute Gasteiger partial charge is 0.448 e. The maximum atomic E-state index is 13.1. The van der Waals surface area contributed by atoms with Crippen molar-refractivity contribution in [2.75, 3.05) is 18.1 Å². The maximum Gasteiger partial charge on any atom is 0.586 e. The zero-order valence-corrected chi connectivity index (χ0v) is 12.9. The molecule has 3 rings (SSSR count). The fraction of sp³-hybridized carbons (Fsp3) is 0.286. The summed E-state index contributed by atoms with van der Waals surface area (Å²) in [7, 11) is 0. The Morgan fingerprint density at radius 1 is 1.48 bits per heavy atom. The monoisotopic (exact) mass is 342 g/mol. The number of anilines is 1. The minimum Gasteiger partial charge on any atom is -0.448 e. The lowest BCUT2D eigenvalue weighted by Crippen LogP contribution is -2.26. The summed E-state index contributed by atoms with van der Waals surface area (Å²) < 4.78 is 39.7. The van der Waals surface area contributed by atoms with E-state index in [1.807, 2.05) is 0 Å². The highest BCUT2D eigenvalue weighted by atomic mass is 32.2. The van der Waals surface area contributed by atoms with Crippen LogP contribution in [0.3, 0.4) is 0 Å². The Hall–Kier alpha value is -2.29. The molecule has 122 valence electrons. The zero-order chi connectivity index (χ0) is 16.6. The summed E-state index contributed by atoms with van der Waals surface area (Å²) in [5.41, 5.74) is 0.527. The first-order chi connectivity index (χ1) is 10.9. The highest BCUT2D eigenvalue weighted by Crippen LogP contribution is 2.44. The number of alkyl halides is 2. The van der Waals surface area contributed by atoms with Gasteiger partial charge in [-0.05, 0) is 19.1 Å². The first-order valence-electron chi connectivity index (χ1n) is 6.66. The first kappa shape index (κ1) is 15.6. The SMILES string of the molecule is C=C1CN(c2ccc3c(c2)OC(F)(F)O3)/C(=N/C(=O)OCC)S1. The molecule has 6 nitrogen and oxygen atoms in total. The van der Waals surface area contributed by atoms with Crippen LogP contribution in [0.25, 0.3) is 0 Å². The molecule has 0 bridgehead atoms. The summed E-state index contributed by atoms with van der Waals surface area (Å²) in [5.74, 6) is -0.126. The van der Waals surface area contributed by atoms with Gasteiger partial charge in [-0.15, -0.1) is 8.78 Å². The molecule has 0 unspecified atom stereocenters. The molecule has 0 N–H and O–H groups in total. The zero-order valence-electron chi connectivity index (χ0n) is 12.0. The van der Waals surface area contributed by atoms with Crippen molar-refractivity contribution < 1.29 is 27.8 Å². The van der Waals surface area contributed by atoms with E-state index in [-0.39, 0.29) is 18.1 Å². The number of amidine groups is 1. The van der Waals surface area contributed by atoms with Gasteiger partial charge in [0.2, 0.25) is 0 Å². The molecule has 0 spiro atoms. The topological polar surface area (TPSA) is 60.4 Å². The van der Waals surface area contributed by atoms with E-state index in [4.69, 9.17) is 4.74 Å². The molecule has 0 saturated carbocycles. The first-order valence-corrected chi connectivity index (χ1v) is 7.48. The van der Waals surface area contributed by atoms with Crippen LogP contribution in [-0.2, 0) is 4.74 Å². The number of halogens is 2. The van der Waals surface area contributed by atoms with Crippen molar-refractivity contribution in [3.63, 3.8) is 0 Å². The van der Waals surface area contributed by atoms with Crippen LogP contribution >= 0.6 is 11.8 Å². The largest absolute Gasteiger partial charge is 0.586 e. The minimum atomic E-state index is -3.67. The summed E-state index contributed by atoms with van der Waals surface area (Å²) >= 11 is 1.22. The van der Waals surface area contributed by atoms with Crippen molar-refractivity contribution in [1.82, 2.24) is 0 Å². The number of hydrogen-bond donors (Lipinski definition) is 0. The van der Waals surface area contributed by atoms with Crippen LogP contribution in [0.4, 0.5) is 19.3 Å². The average Bonchev–Trinajstić information content (AvgIpc) is 2.96. The number of rotatable bonds is 2. The van der Waals surface area contributed by atoms with Crippen LogP contribution in [0.5, 0.6) is 11.5 Å². The highest BCUT2D eigenvalue weighted by Gasteiger charge is 2.43. The van der Waals surface area contributed by atoms with E-state index >= 15 is 0 Å². The molecule has 2 aliphatic rings. The van der Waals surface area contributed by atoms with Crippen molar-refractivity contribution in [3.8, 4) is 11.5 Å². The molecule has 0 atom stereocenters. The number of thioether (sulfide) groups is 1. The van der Waals surface area contributed by atoms with Crippen molar-refractivity contribution in [2.24, 2.45) is 4.99 Å². The van der Waals surface area contributed by atoms with Gasteiger partial charge in [-0.3, -0.25) is 0 Å². The van der Waals surface area contributed by atoms with Crippen molar-refractivity contribution >= 4 is 28.7 Å². The molecule has 1 fully saturated rings. The van der Waals surface area contributed by atoms with Gasteiger partial charge in [0.05, 0.1) is 13.2 Å². The van der Waals surface area contributed by atoms with Crippen molar-refractivity contribution in [3.05, 3.63) is 29.7 Å². The minimum absolute atomic E-state index is 0.0479. The number of amides is 1. The van der Waals surface area contributed by atoms with Gasteiger partial charge in [0.1, 0.15) is 0 Å². The van der Waals surface area contributed by atoms with Gasteiger partial charge in [0, 0.05) is 16.7 Å². The predicted molar refractivity (Wildman–Crippen MR) is 81.2 cm³/mol. The summed E-state index contributed by atoms with van der Waals surface area (Å²) in [4.78, 5) is 17.8. The number of fused-ring (bicyclic) bond motifs is 1. The maximum absolute atomic E-state index is 13.1. The number of hydrogen-bond acceptors (Lipinski definition) is 5. The second-order valence-electron chi connectivity index (χ2n) is 4.62. The molecule has 1 saturated heterocycles. The summed E-state index contributed by atoms with van der Waals surface area (Å²) in [6.07, 6.45) is -4.39. The second kappa shape index (κ2) is 5.73. The molecular weight excluding hydrogens is 330 g/mol. The molecule has 0 radical (unpaired) electrons. The Kier molecular flexibility index (Phi) is 3.88. The van der Waals surface area contributed by atoms with Crippen molar-refractivity contribution in [1.29, 1.82) is 0 Å². The number of ether oxygens (including phenoxy) is 3. The van der Waals surface area contributed by atoms with E-state index in [0.717, 1.165) is 4.91 Å². The molecule has 23 heavy (non-hydrogen) atoms. The molecular formula is C14H12F2N2O4S. The number of nitrogens with zero attached hydrogens (tertiary/aromatic N) is 2. The molecule has 1 aromatic rings. The number of aliphatic imine (C=N–C) groups is 1. The lowest BCUT2D eigenvalue weighted by Gasteiger charge is -2.17. The van der Waals surface area contributed by atoms with Crippen LogP contribution in [0.1, 0.15) is 6.92 Å². The van der Waals surface area contributed by atoms with Gasteiger partial charge >= 0.3 is 12.4 Å². The van der Waals surface area contributed by atoms with Gasteiger partial charge < -0.3 is 19.1 Å². The molecule has 0 aliphatic carbocycles. The van der Waals surface area contributed by atoms with Gasteiger partial charge in [-0.2, -0.15) is 4.99 Å². The van der Waals surface area contributed by atoms with Crippen molar-refractivity contribution in [2.45, 2.75) is 13.2 Å². The Morgan fingerprint density at radius 2 is 2.22 bits per heavy atom. The third-order valence-electron chi connectivity index (χ3n) is 2.95. The lowest BCUT2D eigenvalue weighted by atomic mass is 10.2. The van der Waals surface area contributed by atoms with Crippen LogP contribution in [-0.4, -0.2) is 30.7 Å². The third-order valence-corrected chi connectivity index (χ3v) is 3.86. The van der Waals surface area contributed by atoms with E-state index in [1.165, 1.54) is 23.9 Å². The molecule has 2 heterocycles. The van der Waals surface area contributed by atoms with Crippen LogP contribution < -0.4 is 14.4 Å². The molecule has 2 aliphatic heterocycles. The van der Waals surface area contributed by atoms with Gasteiger partial charge in [0.25, 0.3) is 0 Å². The van der Waals surface area contributed by atoms with E-state index in [0.29, 0.717) is 17.4 Å². The fourth-order valence-electron chi connectivity index (χ4n) is 2.08. The molecule has 1 aromatic carbocycles. The van der Waals surface area contributed by atoms with E-state index in [1.54, 1.807) is 17.9 Å². The molecule has 0 aromatic heterocycles. The Balaban J connectivity index is 1.88. The number of benzene rings is 1. The molecule has 9 heteroatoms. The van der Waals surface area contributed by atoms with Crippen LogP contribution in [0.15, 0.2) is 34.7 Å². The Morgan fingerprint density at radius 3 is 2.96 bits per heavy atom. The van der Waals surface area contributed by atoms with Gasteiger partial charge in [0.15, 0.2) is 16.7 Å². The predicted octanol–water partition coefficient (Wildman–Crippen LogP) is 3.59. The van der Waals surface area contributed by atoms with Crippen LogP contribution in [0, 0.1) is 0 Å². The van der Waals surface area contributed by atoms with E-state index in [9.17, 15) is 13.6 Å².